The van der Waals surface area contributed by atoms with E-state index in [4.69, 9.17) is 0 Å². The van der Waals surface area contributed by atoms with Crippen LogP contribution in [0.15, 0.2) is 0 Å². The minimum Gasteiger partial charge on any atom is -0.298 e. The summed E-state index contributed by atoms with van der Waals surface area (Å²) >= 11 is 0. The van der Waals surface area contributed by atoms with E-state index in [1.807, 2.05) is 0 Å². The molecule has 0 aromatic rings. The maximum Gasteiger partial charge on any atom is 0.0209 e. The van der Waals surface area contributed by atoms with Crippen LogP contribution < -0.4 is 0 Å². The lowest BCUT2D eigenvalue weighted by Crippen LogP contribution is -2.50. The molecule has 2 rings (SSSR count). The molecule has 2 fully saturated rings. The van der Waals surface area contributed by atoms with E-state index in [9.17, 15) is 0 Å². The molecule has 0 amide bonds. The topological polar surface area (TPSA) is 3.24 Å². The summed E-state index contributed by atoms with van der Waals surface area (Å²) in [5.74, 6) is 0. The van der Waals surface area contributed by atoms with Gasteiger partial charge in [0, 0.05) is 5.54 Å². The number of hydrogen-bond donors (Lipinski definition) is 0. The third-order valence-electron chi connectivity index (χ3n) is 5.81. The summed E-state index contributed by atoms with van der Waals surface area (Å²) in [6.07, 6.45) is 22.0. The van der Waals surface area contributed by atoms with Crippen molar-refractivity contribution in [3.63, 3.8) is 0 Å². The fourth-order valence-corrected chi connectivity index (χ4v) is 4.52. The van der Waals surface area contributed by atoms with Gasteiger partial charge in [-0.25, -0.2) is 0 Å². The molecule has 0 radical (unpaired) electrons. The summed E-state index contributed by atoms with van der Waals surface area (Å²) in [4.78, 5) is 2.97. The molecule has 1 nitrogen and oxygen atoms in total. The van der Waals surface area contributed by atoms with Crippen LogP contribution in [0.4, 0.5) is 0 Å². The highest BCUT2D eigenvalue weighted by molar-refractivity contribution is 4.92. The van der Waals surface area contributed by atoms with E-state index in [0.717, 1.165) is 0 Å². The van der Waals surface area contributed by atoms with Crippen molar-refractivity contribution in [1.29, 1.82) is 0 Å². The first-order chi connectivity index (χ1) is 9.87. The zero-order chi connectivity index (χ0) is 14.1. The fraction of sp³-hybridized carbons (Fsp3) is 1.00. The lowest BCUT2D eigenvalue weighted by molar-refractivity contribution is 0.0422. The minimum absolute atomic E-state index is 0.591. The molecule has 0 N–H and O–H groups in total. The van der Waals surface area contributed by atoms with Gasteiger partial charge in [0.15, 0.2) is 0 Å². The molecular weight excluding hydrogens is 242 g/mol. The first-order valence-electron chi connectivity index (χ1n) is 9.62. The highest BCUT2D eigenvalue weighted by Gasteiger charge is 2.35. The largest absolute Gasteiger partial charge is 0.298 e. The molecule has 1 heterocycles. The quantitative estimate of drug-likeness (QED) is 0.617. The Morgan fingerprint density at radius 3 is 1.75 bits per heavy atom. The van der Waals surface area contributed by atoms with Crippen molar-refractivity contribution in [2.75, 3.05) is 13.1 Å². The van der Waals surface area contributed by atoms with Gasteiger partial charge in [-0.2, -0.15) is 0 Å². The molecule has 0 atom stereocenters. The van der Waals surface area contributed by atoms with Crippen molar-refractivity contribution in [3.8, 4) is 0 Å². The Bertz CT molecular complexity index is 227. The molecule has 1 saturated carbocycles. The molecule has 0 unspecified atom stereocenters. The maximum absolute atomic E-state index is 2.97. The van der Waals surface area contributed by atoms with Gasteiger partial charge in [0.2, 0.25) is 0 Å². The first-order valence-corrected chi connectivity index (χ1v) is 9.62. The number of likely N-dealkylation sites (tertiary alicyclic amines) is 1. The van der Waals surface area contributed by atoms with Crippen LogP contribution in [0.1, 0.15) is 103 Å². The molecule has 1 aliphatic heterocycles. The van der Waals surface area contributed by atoms with Crippen molar-refractivity contribution in [2.24, 2.45) is 0 Å². The highest BCUT2D eigenvalue weighted by Crippen LogP contribution is 2.37. The van der Waals surface area contributed by atoms with Crippen LogP contribution in [0.5, 0.6) is 0 Å². The molecule has 0 aromatic heterocycles. The van der Waals surface area contributed by atoms with Gasteiger partial charge in [-0.15, -0.1) is 0 Å². The number of rotatable bonds is 4. The highest BCUT2D eigenvalue weighted by atomic mass is 15.2. The molecule has 0 aromatic carbocycles. The van der Waals surface area contributed by atoms with Gasteiger partial charge in [-0.3, -0.25) is 4.90 Å². The van der Waals surface area contributed by atoms with Crippen LogP contribution in [0, 0.1) is 0 Å². The summed E-state index contributed by atoms with van der Waals surface area (Å²) < 4.78 is 0. The smallest absolute Gasteiger partial charge is 0.0209 e. The van der Waals surface area contributed by atoms with E-state index in [1.165, 1.54) is 109 Å². The van der Waals surface area contributed by atoms with Gasteiger partial charge < -0.3 is 0 Å². The van der Waals surface area contributed by atoms with Crippen LogP contribution in [-0.2, 0) is 0 Å². The van der Waals surface area contributed by atoms with Crippen LogP contribution in [0.3, 0.4) is 0 Å². The summed E-state index contributed by atoms with van der Waals surface area (Å²) in [7, 11) is 0. The number of unbranched alkanes of at least 4 members (excludes halogenated alkanes) is 1. The molecule has 2 aliphatic rings. The molecule has 1 saturated heterocycles. The zero-order valence-corrected chi connectivity index (χ0v) is 14.0. The lowest BCUT2D eigenvalue weighted by atomic mass is 9.78. The molecule has 20 heavy (non-hydrogen) atoms. The van der Waals surface area contributed by atoms with Gasteiger partial charge in [-0.05, 0) is 45.2 Å². The van der Waals surface area contributed by atoms with Crippen LogP contribution in [0.2, 0.25) is 0 Å². The van der Waals surface area contributed by atoms with Crippen molar-refractivity contribution >= 4 is 0 Å². The van der Waals surface area contributed by atoms with E-state index >= 15 is 0 Å². The van der Waals surface area contributed by atoms with Crippen molar-refractivity contribution in [1.82, 2.24) is 4.90 Å². The van der Waals surface area contributed by atoms with Gasteiger partial charge >= 0.3 is 0 Å². The summed E-state index contributed by atoms with van der Waals surface area (Å²) in [6.45, 7) is 5.15. The Kier molecular flexibility index (Phi) is 7.41. The summed E-state index contributed by atoms with van der Waals surface area (Å²) in [5.41, 5.74) is 0.591. The van der Waals surface area contributed by atoms with Gasteiger partial charge in [0.25, 0.3) is 0 Å². The van der Waals surface area contributed by atoms with Crippen LogP contribution in [-0.4, -0.2) is 23.5 Å². The van der Waals surface area contributed by atoms with Gasteiger partial charge in [-0.1, -0.05) is 71.1 Å². The van der Waals surface area contributed by atoms with Crippen molar-refractivity contribution in [2.45, 2.75) is 109 Å². The van der Waals surface area contributed by atoms with Gasteiger partial charge in [0.05, 0.1) is 0 Å². The second-order valence-electron chi connectivity index (χ2n) is 7.35. The van der Waals surface area contributed by atoms with E-state index in [2.05, 4.69) is 11.8 Å². The summed E-state index contributed by atoms with van der Waals surface area (Å²) in [6, 6.07) is 0. The zero-order valence-electron chi connectivity index (χ0n) is 14.0. The SMILES string of the molecule is CCCCC1(N2CCCCCCC2)CCCCCCC1. The molecule has 118 valence electrons. The molecule has 0 spiro atoms. The Morgan fingerprint density at radius 2 is 1.20 bits per heavy atom. The standard InChI is InChI=1S/C19H37N/c1-2-3-14-19(15-10-6-4-7-11-16-19)20-17-12-8-5-9-13-18-20/h2-18H2,1H3. The number of nitrogens with zero attached hydrogens (tertiary/aromatic N) is 1. The van der Waals surface area contributed by atoms with Crippen LogP contribution in [0.25, 0.3) is 0 Å². The third-order valence-corrected chi connectivity index (χ3v) is 5.81. The molecular formula is C19H37N. The molecule has 1 heteroatoms. The van der Waals surface area contributed by atoms with E-state index in [0.29, 0.717) is 5.54 Å². The van der Waals surface area contributed by atoms with Crippen molar-refractivity contribution < 1.29 is 0 Å². The Labute approximate surface area is 127 Å². The monoisotopic (exact) mass is 279 g/mol. The average molecular weight is 280 g/mol. The Hall–Kier alpha value is -0.0400. The Balaban J connectivity index is 2.04. The number of hydrogen-bond acceptors (Lipinski definition) is 1. The first kappa shape index (κ1) is 16.3. The van der Waals surface area contributed by atoms with Gasteiger partial charge in [0.1, 0.15) is 0 Å². The predicted octanol–water partition coefficient (Wildman–Crippen LogP) is 5.93. The predicted molar refractivity (Wildman–Crippen MR) is 89.2 cm³/mol. The van der Waals surface area contributed by atoms with E-state index < -0.39 is 0 Å². The molecule has 0 bridgehead atoms. The van der Waals surface area contributed by atoms with Crippen LogP contribution >= 0.6 is 0 Å². The van der Waals surface area contributed by atoms with E-state index in [-0.39, 0.29) is 0 Å². The second kappa shape index (κ2) is 9.07. The fourth-order valence-electron chi connectivity index (χ4n) is 4.52. The Morgan fingerprint density at radius 1 is 0.700 bits per heavy atom. The third kappa shape index (κ3) is 4.76. The maximum atomic E-state index is 2.97. The second-order valence-corrected chi connectivity index (χ2v) is 7.35. The van der Waals surface area contributed by atoms with E-state index in [1.54, 1.807) is 0 Å². The normalized spacial score (nSPS) is 26.2. The average Bonchev–Trinajstić information content (AvgIpc) is 2.38. The molecule has 1 aliphatic carbocycles. The summed E-state index contributed by atoms with van der Waals surface area (Å²) in [5, 5.41) is 0. The van der Waals surface area contributed by atoms with Crippen molar-refractivity contribution in [3.05, 3.63) is 0 Å². The lowest BCUT2D eigenvalue weighted by Gasteiger charge is -2.46. The minimum atomic E-state index is 0.591.